The van der Waals surface area contributed by atoms with Crippen molar-refractivity contribution in [3.8, 4) is 0 Å². The minimum absolute atomic E-state index is 0.213. The van der Waals surface area contributed by atoms with Gasteiger partial charge in [-0.25, -0.2) is 15.2 Å². The van der Waals surface area contributed by atoms with E-state index in [1.54, 1.807) is 31.3 Å². The van der Waals surface area contributed by atoms with Crippen LogP contribution in [0.25, 0.3) is 0 Å². The van der Waals surface area contributed by atoms with Crippen LogP contribution >= 0.6 is 38.9 Å². The molecular weight excluding hydrogens is 420 g/mol. The van der Waals surface area contributed by atoms with E-state index in [-0.39, 0.29) is 6.61 Å². The molecule has 3 N–H and O–H groups in total. The average molecular weight is 434 g/mol. The maximum Gasteiger partial charge on any atom is 0.426 e. The standard InChI is InChI=1S/C14H14BrClN4O3S/c1-2-23-14(22)20-19-12(21)10-4-3-8(15)5-11(10)17-6-9-7-18-13(16)24-9/h3-5,7,17H,2,6H2,1H3,(H,19,21)(H,20,22). The lowest BCUT2D eigenvalue weighted by molar-refractivity contribution is 0.0913. The van der Waals surface area contributed by atoms with Crippen LogP contribution in [-0.4, -0.2) is 23.6 Å². The van der Waals surface area contributed by atoms with E-state index in [0.29, 0.717) is 22.3 Å². The number of ether oxygens (including phenoxy) is 1. The summed E-state index contributed by atoms with van der Waals surface area (Å²) in [4.78, 5) is 28.4. The second-order valence-corrected chi connectivity index (χ2v) is 7.04. The number of nitrogens with one attached hydrogen (secondary N) is 3. The summed E-state index contributed by atoms with van der Waals surface area (Å²) in [6.45, 7) is 2.35. The van der Waals surface area contributed by atoms with Crippen LogP contribution in [0.5, 0.6) is 0 Å². The summed E-state index contributed by atoms with van der Waals surface area (Å²) in [6.07, 6.45) is 0.941. The molecule has 1 heterocycles. The molecule has 128 valence electrons. The Morgan fingerprint density at radius 1 is 1.38 bits per heavy atom. The summed E-state index contributed by atoms with van der Waals surface area (Å²) in [5.41, 5.74) is 5.43. The van der Waals surface area contributed by atoms with E-state index in [9.17, 15) is 9.59 Å². The minimum atomic E-state index is -0.725. The Bertz CT molecular complexity index is 741. The first-order valence-corrected chi connectivity index (χ1v) is 8.85. The highest BCUT2D eigenvalue weighted by atomic mass is 79.9. The minimum Gasteiger partial charge on any atom is -0.449 e. The molecule has 0 aliphatic rings. The maximum atomic E-state index is 12.2. The molecule has 0 fully saturated rings. The molecule has 0 aliphatic carbocycles. The van der Waals surface area contributed by atoms with Gasteiger partial charge >= 0.3 is 6.09 Å². The third kappa shape index (κ3) is 5.36. The van der Waals surface area contributed by atoms with Crippen molar-refractivity contribution in [3.05, 3.63) is 43.8 Å². The maximum absolute atomic E-state index is 12.2. The number of nitrogens with zero attached hydrogens (tertiary/aromatic N) is 1. The Kier molecular flexibility index (Phi) is 6.83. The van der Waals surface area contributed by atoms with Crippen LogP contribution in [0.3, 0.4) is 0 Å². The molecule has 0 aliphatic heterocycles. The van der Waals surface area contributed by atoms with Crippen molar-refractivity contribution < 1.29 is 14.3 Å². The summed E-state index contributed by atoms with van der Waals surface area (Å²) in [7, 11) is 0. The summed E-state index contributed by atoms with van der Waals surface area (Å²) >= 11 is 10.5. The highest BCUT2D eigenvalue weighted by Crippen LogP contribution is 2.24. The molecule has 7 nitrogen and oxygen atoms in total. The van der Waals surface area contributed by atoms with Crippen LogP contribution in [-0.2, 0) is 11.3 Å². The van der Waals surface area contributed by atoms with E-state index >= 15 is 0 Å². The summed E-state index contributed by atoms with van der Waals surface area (Å²) in [6, 6.07) is 5.13. The lowest BCUT2D eigenvalue weighted by atomic mass is 10.1. The van der Waals surface area contributed by atoms with Gasteiger partial charge in [-0.15, -0.1) is 11.3 Å². The molecule has 0 radical (unpaired) electrons. The lowest BCUT2D eigenvalue weighted by Gasteiger charge is -2.12. The van der Waals surface area contributed by atoms with Gasteiger partial charge in [0, 0.05) is 21.2 Å². The molecule has 2 aromatic rings. The Labute approximate surface area is 155 Å². The molecule has 0 unspecified atom stereocenters. The zero-order valence-corrected chi connectivity index (χ0v) is 15.7. The molecule has 24 heavy (non-hydrogen) atoms. The molecule has 2 amide bonds. The zero-order valence-electron chi connectivity index (χ0n) is 12.6. The van der Waals surface area contributed by atoms with Crippen molar-refractivity contribution in [2.24, 2.45) is 0 Å². The van der Waals surface area contributed by atoms with Gasteiger partial charge in [-0.3, -0.25) is 10.2 Å². The van der Waals surface area contributed by atoms with Crippen molar-refractivity contribution in [2.75, 3.05) is 11.9 Å². The fraction of sp³-hybridized carbons (Fsp3) is 0.214. The number of amides is 2. The molecule has 0 saturated carbocycles. The van der Waals surface area contributed by atoms with Crippen molar-refractivity contribution in [3.63, 3.8) is 0 Å². The van der Waals surface area contributed by atoms with E-state index in [1.165, 1.54) is 11.3 Å². The van der Waals surface area contributed by atoms with Crippen LogP contribution in [0.4, 0.5) is 10.5 Å². The summed E-state index contributed by atoms with van der Waals surface area (Å²) in [5.74, 6) is -0.472. The smallest absolute Gasteiger partial charge is 0.426 e. The van der Waals surface area contributed by atoms with Gasteiger partial charge in [0.05, 0.1) is 18.7 Å². The zero-order chi connectivity index (χ0) is 17.5. The molecule has 1 aromatic heterocycles. The van der Waals surface area contributed by atoms with Gasteiger partial charge < -0.3 is 10.1 Å². The summed E-state index contributed by atoms with van der Waals surface area (Å²) < 4.78 is 5.94. The predicted octanol–water partition coefficient (Wildman–Crippen LogP) is 3.56. The third-order valence-electron chi connectivity index (χ3n) is 2.76. The Morgan fingerprint density at radius 2 is 2.17 bits per heavy atom. The summed E-state index contributed by atoms with van der Waals surface area (Å²) in [5, 5.41) is 3.15. The predicted molar refractivity (Wildman–Crippen MR) is 96.2 cm³/mol. The topological polar surface area (TPSA) is 92.4 Å². The number of carbonyl (C=O) groups is 2. The highest BCUT2D eigenvalue weighted by Gasteiger charge is 2.13. The molecule has 0 bridgehead atoms. The number of aromatic nitrogens is 1. The number of hydrogen-bond donors (Lipinski definition) is 3. The van der Waals surface area contributed by atoms with E-state index in [0.717, 1.165) is 9.35 Å². The first-order chi connectivity index (χ1) is 11.5. The van der Waals surface area contributed by atoms with Gasteiger partial charge in [-0.1, -0.05) is 27.5 Å². The lowest BCUT2D eigenvalue weighted by Crippen LogP contribution is -2.42. The van der Waals surface area contributed by atoms with Gasteiger partial charge in [-0.2, -0.15) is 0 Å². The Morgan fingerprint density at radius 3 is 2.83 bits per heavy atom. The number of carbonyl (C=O) groups excluding carboxylic acids is 2. The van der Waals surface area contributed by atoms with Crippen LogP contribution in [0, 0.1) is 0 Å². The van der Waals surface area contributed by atoms with Gasteiger partial charge in [0.1, 0.15) is 0 Å². The van der Waals surface area contributed by atoms with Gasteiger partial charge in [0.25, 0.3) is 5.91 Å². The van der Waals surface area contributed by atoms with Gasteiger partial charge in [0.2, 0.25) is 0 Å². The van der Waals surface area contributed by atoms with Crippen molar-refractivity contribution in [1.29, 1.82) is 0 Å². The number of hydrazine groups is 1. The largest absolute Gasteiger partial charge is 0.449 e. The number of thiazole rings is 1. The second kappa shape index (κ2) is 8.86. The normalized spacial score (nSPS) is 10.1. The van der Waals surface area contributed by atoms with Crippen LogP contribution in [0.1, 0.15) is 22.2 Å². The monoisotopic (exact) mass is 432 g/mol. The molecule has 0 saturated heterocycles. The number of rotatable bonds is 5. The SMILES string of the molecule is CCOC(=O)NNC(=O)c1ccc(Br)cc1NCc1cnc(Cl)s1. The van der Waals surface area contributed by atoms with Crippen molar-refractivity contribution in [2.45, 2.75) is 13.5 Å². The van der Waals surface area contributed by atoms with Crippen LogP contribution < -0.4 is 16.2 Å². The van der Waals surface area contributed by atoms with Crippen molar-refractivity contribution >= 4 is 56.6 Å². The highest BCUT2D eigenvalue weighted by molar-refractivity contribution is 9.10. The quantitative estimate of drug-likeness (QED) is 0.627. The molecule has 1 aromatic carbocycles. The van der Waals surface area contributed by atoms with E-state index in [2.05, 4.69) is 41.8 Å². The van der Waals surface area contributed by atoms with Gasteiger partial charge in [0.15, 0.2) is 4.47 Å². The molecular formula is C14H14BrClN4O3S. The first-order valence-electron chi connectivity index (χ1n) is 6.86. The fourth-order valence-electron chi connectivity index (χ4n) is 1.75. The third-order valence-corrected chi connectivity index (χ3v) is 4.37. The number of halogens is 2. The molecule has 0 atom stereocenters. The fourth-order valence-corrected chi connectivity index (χ4v) is 3.03. The number of hydrogen-bond acceptors (Lipinski definition) is 6. The average Bonchev–Trinajstić information content (AvgIpc) is 2.96. The number of anilines is 1. The second-order valence-electron chi connectivity index (χ2n) is 4.42. The van der Waals surface area contributed by atoms with Crippen LogP contribution in [0.2, 0.25) is 4.47 Å². The molecule has 10 heteroatoms. The molecule has 0 spiro atoms. The first kappa shape index (κ1) is 18.5. The van der Waals surface area contributed by atoms with E-state index < -0.39 is 12.0 Å². The Hall–Kier alpha value is -1.84. The number of benzene rings is 1. The van der Waals surface area contributed by atoms with Gasteiger partial charge in [-0.05, 0) is 25.1 Å². The van der Waals surface area contributed by atoms with E-state index in [4.69, 9.17) is 11.6 Å². The van der Waals surface area contributed by atoms with E-state index in [1.807, 2.05) is 0 Å². The van der Waals surface area contributed by atoms with Crippen molar-refractivity contribution in [1.82, 2.24) is 15.8 Å². The molecule has 2 rings (SSSR count). The van der Waals surface area contributed by atoms with Crippen LogP contribution in [0.15, 0.2) is 28.9 Å². The Balaban J connectivity index is 2.05.